The van der Waals surface area contributed by atoms with Gasteiger partial charge in [-0.15, -0.1) is 0 Å². The van der Waals surface area contributed by atoms with Gasteiger partial charge in [-0.05, 0) is 65.3 Å². The van der Waals surface area contributed by atoms with Crippen molar-refractivity contribution >= 4 is 35.2 Å². The summed E-state index contributed by atoms with van der Waals surface area (Å²) in [6, 6.07) is 6.97. The summed E-state index contributed by atoms with van der Waals surface area (Å²) in [5.74, 6) is -0.596. The molecule has 1 aromatic carbocycles. The molecule has 3 heterocycles. The molecule has 0 aliphatic carbocycles. The molecule has 0 bridgehead atoms. The molecule has 1 aliphatic heterocycles. The SMILES string of the molecule is CC(C)(C)OC(=O)Nc1ccc(-c2ccoc2)cc1NC(=O)c1ncc(N2CCN(C(=O)OC(C)(C)C)CC2)cn1. The predicted octanol–water partition coefficient (Wildman–Crippen LogP) is 5.39. The first-order chi connectivity index (χ1) is 19.3. The molecule has 3 aromatic rings. The molecular formula is C29H36N6O6. The van der Waals surface area contributed by atoms with Gasteiger partial charge in [-0.1, -0.05) is 6.07 Å². The minimum atomic E-state index is -0.692. The van der Waals surface area contributed by atoms with Crippen LogP contribution in [0.3, 0.4) is 0 Å². The quantitative estimate of drug-likeness (QED) is 0.417. The van der Waals surface area contributed by atoms with Crippen LogP contribution in [-0.4, -0.2) is 70.3 Å². The summed E-state index contributed by atoms with van der Waals surface area (Å²) < 4.78 is 16.0. The second kappa shape index (κ2) is 11.9. The zero-order valence-corrected chi connectivity index (χ0v) is 24.2. The van der Waals surface area contributed by atoms with Crippen LogP contribution in [0, 0.1) is 0 Å². The molecule has 1 aliphatic rings. The molecule has 0 spiro atoms. The van der Waals surface area contributed by atoms with Crippen LogP contribution >= 0.6 is 0 Å². The standard InChI is InChI=1S/C29H36N6O6/c1-28(2,3)40-26(37)33-22-8-7-19(20-9-14-39-18-20)15-23(22)32-25(36)24-30-16-21(17-31-24)34-10-12-35(13-11-34)27(38)41-29(4,5)6/h7-9,14-18H,10-13H2,1-6H3,(H,32,36)(H,33,37). The van der Waals surface area contributed by atoms with E-state index in [-0.39, 0.29) is 11.9 Å². The fourth-order valence-electron chi connectivity index (χ4n) is 4.03. The van der Waals surface area contributed by atoms with Crippen LogP contribution in [-0.2, 0) is 9.47 Å². The molecule has 41 heavy (non-hydrogen) atoms. The number of anilines is 3. The summed E-state index contributed by atoms with van der Waals surface area (Å²) >= 11 is 0. The summed E-state index contributed by atoms with van der Waals surface area (Å²) in [7, 11) is 0. The topological polar surface area (TPSA) is 139 Å². The Morgan fingerprint density at radius 2 is 1.49 bits per heavy atom. The fourth-order valence-corrected chi connectivity index (χ4v) is 4.03. The van der Waals surface area contributed by atoms with Gasteiger partial charge in [0.2, 0.25) is 5.82 Å². The molecule has 0 unspecified atom stereocenters. The number of aromatic nitrogens is 2. The number of amides is 3. The zero-order chi connectivity index (χ0) is 29.8. The molecule has 1 saturated heterocycles. The van der Waals surface area contributed by atoms with Crippen LogP contribution < -0.4 is 15.5 Å². The Hall–Kier alpha value is -4.61. The lowest BCUT2D eigenvalue weighted by molar-refractivity contribution is 0.0240. The van der Waals surface area contributed by atoms with E-state index < -0.39 is 23.2 Å². The van der Waals surface area contributed by atoms with Crippen molar-refractivity contribution in [3.63, 3.8) is 0 Å². The van der Waals surface area contributed by atoms with Gasteiger partial charge in [0.25, 0.3) is 5.91 Å². The molecule has 2 N–H and O–H groups in total. The molecule has 0 radical (unpaired) electrons. The van der Waals surface area contributed by atoms with Crippen molar-refractivity contribution in [1.29, 1.82) is 0 Å². The number of hydrogen-bond donors (Lipinski definition) is 2. The normalized spacial score (nSPS) is 13.9. The Kier molecular flexibility index (Phi) is 8.50. The number of ether oxygens (including phenoxy) is 2. The predicted molar refractivity (Wildman–Crippen MR) is 154 cm³/mol. The number of piperazine rings is 1. The molecule has 0 saturated carbocycles. The van der Waals surface area contributed by atoms with Crippen LogP contribution in [0.15, 0.2) is 53.6 Å². The number of benzene rings is 1. The number of rotatable bonds is 5. The number of hydrogen-bond acceptors (Lipinski definition) is 9. The van der Waals surface area contributed by atoms with Crippen LogP contribution in [0.25, 0.3) is 11.1 Å². The maximum absolute atomic E-state index is 13.1. The smallest absolute Gasteiger partial charge is 0.412 e. The van der Waals surface area contributed by atoms with Crippen LogP contribution in [0.4, 0.5) is 26.7 Å². The van der Waals surface area contributed by atoms with Gasteiger partial charge in [-0.2, -0.15) is 0 Å². The van der Waals surface area contributed by atoms with E-state index >= 15 is 0 Å². The van der Waals surface area contributed by atoms with E-state index in [9.17, 15) is 14.4 Å². The average Bonchev–Trinajstić information content (AvgIpc) is 3.43. The third kappa shape index (κ3) is 8.19. The summed E-state index contributed by atoms with van der Waals surface area (Å²) in [6.07, 6.45) is 5.29. The van der Waals surface area contributed by atoms with Gasteiger partial charge in [0, 0.05) is 31.7 Å². The molecule has 3 amide bonds. The number of nitrogens with zero attached hydrogens (tertiary/aromatic N) is 4. The number of nitrogens with one attached hydrogen (secondary N) is 2. The fraction of sp³-hybridized carbons (Fsp3) is 0.414. The molecule has 4 rings (SSSR count). The van der Waals surface area contributed by atoms with E-state index in [4.69, 9.17) is 13.9 Å². The van der Waals surface area contributed by atoms with Gasteiger partial charge in [0.1, 0.15) is 11.2 Å². The molecule has 0 atom stereocenters. The van der Waals surface area contributed by atoms with Crippen molar-refractivity contribution in [1.82, 2.24) is 14.9 Å². The summed E-state index contributed by atoms with van der Waals surface area (Å²) in [5.41, 5.74) is 1.75. The van der Waals surface area contributed by atoms with Gasteiger partial charge in [0.05, 0.1) is 42.0 Å². The second-order valence-corrected chi connectivity index (χ2v) is 11.6. The molecule has 218 valence electrons. The van der Waals surface area contributed by atoms with Gasteiger partial charge in [-0.3, -0.25) is 10.1 Å². The molecule has 2 aromatic heterocycles. The first-order valence-corrected chi connectivity index (χ1v) is 13.3. The van der Waals surface area contributed by atoms with Crippen LogP contribution in [0.2, 0.25) is 0 Å². The van der Waals surface area contributed by atoms with Gasteiger partial charge in [-0.25, -0.2) is 19.6 Å². The number of carbonyl (C=O) groups is 3. The summed E-state index contributed by atoms with van der Waals surface area (Å²) in [5, 5.41) is 5.49. The van der Waals surface area contributed by atoms with Crippen molar-refractivity contribution in [2.75, 3.05) is 41.7 Å². The molecule has 1 fully saturated rings. The van der Waals surface area contributed by atoms with Crippen molar-refractivity contribution in [3.05, 3.63) is 55.0 Å². The van der Waals surface area contributed by atoms with Crippen molar-refractivity contribution in [3.8, 4) is 11.1 Å². The Bertz CT molecular complexity index is 1370. The average molecular weight is 565 g/mol. The lowest BCUT2D eigenvalue weighted by atomic mass is 10.1. The van der Waals surface area contributed by atoms with E-state index in [0.29, 0.717) is 37.6 Å². The Morgan fingerprint density at radius 3 is 2.07 bits per heavy atom. The minimum Gasteiger partial charge on any atom is -0.472 e. The van der Waals surface area contributed by atoms with E-state index in [1.54, 1.807) is 74.9 Å². The molecule has 12 heteroatoms. The largest absolute Gasteiger partial charge is 0.472 e. The highest BCUT2D eigenvalue weighted by Crippen LogP contribution is 2.30. The highest BCUT2D eigenvalue weighted by atomic mass is 16.6. The summed E-state index contributed by atoms with van der Waals surface area (Å²) in [4.78, 5) is 50.2. The monoisotopic (exact) mass is 564 g/mol. The van der Waals surface area contributed by atoms with E-state index in [2.05, 4.69) is 20.6 Å². The summed E-state index contributed by atoms with van der Waals surface area (Å²) in [6.45, 7) is 13.0. The third-order valence-electron chi connectivity index (χ3n) is 5.90. The second-order valence-electron chi connectivity index (χ2n) is 11.6. The van der Waals surface area contributed by atoms with Crippen LogP contribution in [0.1, 0.15) is 52.2 Å². The Labute approximate surface area is 239 Å². The minimum absolute atomic E-state index is 0.0435. The van der Waals surface area contributed by atoms with Crippen molar-refractivity contribution in [2.45, 2.75) is 52.7 Å². The van der Waals surface area contributed by atoms with E-state index in [1.807, 2.05) is 25.7 Å². The molecular weight excluding hydrogens is 528 g/mol. The van der Waals surface area contributed by atoms with Gasteiger partial charge < -0.3 is 29.0 Å². The first-order valence-electron chi connectivity index (χ1n) is 13.3. The lowest BCUT2D eigenvalue weighted by Gasteiger charge is -2.36. The molecule has 12 nitrogen and oxygen atoms in total. The van der Waals surface area contributed by atoms with E-state index in [0.717, 1.165) is 16.8 Å². The Morgan fingerprint density at radius 1 is 0.829 bits per heavy atom. The van der Waals surface area contributed by atoms with Gasteiger partial charge in [0.15, 0.2) is 0 Å². The maximum atomic E-state index is 13.1. The maximum Gasteiger partial charge on any atom is 0.412 e. The highest BCUT2D eigenvalue weighted by molar-refractivity contribution is 6.05. The number of furan rings is 1. The zero-order valence-electron chi connectivity index (χ0n) is 24.2. The highest BCUT2D eigenvalue weighted by Gasteiger charge is 2.26. The number of carbonyl (C=O) groups excluding carboxylic acids is 3. The Balaban J connectivity index is 1.44. The van der Waals surface area contributed by atoms with E-state index in [1.165, 1.54) is 0 Å². The first kappa shape index (κ1) is 29.4. The van der Waals surface area contributed by atoms with Gasteiger partial charge >= 0.3 is 12.2 Å². The lowest BCUT2D eigenvalue weighted by Crippen LogP contribution is -2.50. The van der Waals surface area contributed by atoms with Crippen molar-refractivity contribution < 1.29 is 28.3 Å². The van der Waals surface area contributed by atoms with Crippen LogP contribution in [0.5, 0.6) is 0 Å². The third-order valence-corrected chi connectivity index (χ3v) is 5.90. The van der Waals surface area contributed by atoms with Crippen molar-refractivity contribution in [2.24, 2.45) is 0 Å².